The molecule has 0 aliphatic heterocycles. The largest absolute Gasteiger partial charge is 0.368 e. The third kappa shape index (κ3) is 2.99. The maximum absolute atomic E-state index is 10.9. The number of hydrogen-bond donors (Lipinski definition) is 2. The molecule has 0 aliphatic carbocycles. The Morgan fingerprint density at radius 3 is 2.53 bits per heavy atom. The Bertz CT molecular complexity index is 353. The Morgan fingerprint density at radius 2 is 2.00 bits per heavy atom. The summed E-state index contributed by atoms with van der Waals surface area (Å²) < 4.78 is 0. The Kier molecular flexibility index (Phi) is 3.74. The summed E-state index contributed by atoms with van der Waals surface area (Å²) in [5.74, 6) is -0.372. The molecule has 1 rings (SSSR count). The van der Waals surface area contributed by atoms with Crippen molar-refractivity contribution in [2.75, 3.05) is 0 Å². The second kappa shape index (κ2) is 4.84. The molecule has 0 fully saturated rings. The monoisotopic (exact) mass is 208 g/mol. The van der Waals surface area contributed by atoms with Crippen molar-refractivity contribution in [1.82, 2.24) is 15.3 Å². The molecule has 5 nitrogen and oxygen atoms in total. The lowest BCUT2D eigenvalue weighted by atomic mass is 10.1. The molecule has 1 heterocycles. The Morgan fingerprint density at radius 1 is 1.40 bits per heavy atom. The predicted molar refractivity (Wildman–Crippen MR) is 57.0 cm³/mol. The predicted octanol–water partition coefficient (Wildman–Crippen LogP) is 0.309. The standard InChI is InChI=1S/C10H16N4O/c1-6-9(13-5-4-12-6)7(2)14-8(3)10(11)15/h4-5,7-8,14H,1-3H3,(H2,11,15). The lowest BCUT2D eigenvalue weighted by molar-refractivity contribution is -0.119. The minimum absolute atomic E-state index is 0.0406. The number of carbonyl (C=O) groups is 1. The number of hydrogen-bond acceptors (Lipinski definition) is 4. The van der Waals surface area contributed by atoms with E-state index in [1.165, 1.54) is 0 Å². The van der Waals surface area contributed by atoms with E-state index in [-0.39, 0.29) is 18.0 Å². The van der Waals surface area contributed by atoms with E-state index in [0.717, 1.165) is 11.4 Å². The fourth-order valence-electron chi connectivity index (χ4n) is 1.38. The highest BCUT2D eigenvalue weighted by Gasteiger charge is 2.15. The SMILES string of the molecule is Cc1nccnc1C(C)NC(C)C(N)=O. The van der Waals surface area contributed by atoms with Gasteiger partial charge in [0.25, 0.3) is 0 Å². The number of amides is 1. The van der Waals surface area contributed by atoms with Crippen LogP contribution >= 0.6 is 0 Å². The van der Waals surface area contributed by atoms with Crippen LogP contribution in [0.2, 0.25) is 0 Å². The molecule has 3 N–H and O–H groups in total. The van der Waals surface area contributed by atoms with Gasteiger partial charge in [0.05, 0.1) is 17.4 Å². The van der Waals surface area contributed by atoms with E-state index in [4.69, 9.17) is 5.73 Å². The number of nitrogens with two attached hydrogens (primary N) is 1. The molecule has 0 spiro atoms. The van der Waals surface area contributed by atoms with Crippen LogP contribution in [0.5, 0.6) is 0 Å². The van der Waals surface area contributed by atoms with Crippen LogP contribution in [0, 0.1) is 6.92 Å². The van der Waals surface area contributed by atoms with E-state index in [9.17, 15) is 4.79 Å². The van der Waals surface area contributed by atoms with Gasteiger partial charge in [0.15, 0.2) is 0 Å². The van der Waals surface area contributed by atoms with Crippen LogP contribution in [0.1, 0.15) is 31.3 Å². The number of aromatic nitrogens is 2. The van der Waals surface area contributed by atoms with Crippen molar-refractivity contribution in [2.45, 2.75) is 32.9 Å². The Labute approximate surface area is 89.1 Å². The van der Waals surface area contributed by atoms with Gasteiger partial charge in [0.2, 0.25) is 5.91 Å². The van der Waals surface area contributed by atoms with Crippen molar-refractivity contribution >= 4 is 5.91 Å². The number of primary amides is 1. The minimum atomic E-state index is -0.374. The second-order valence-corrected chi connectivity index (χ2v) is 3.54. The number of nitrogens with one attached hydrogen (secondary N) is 1. The van der Waals surface area contributed by atoms with Gasteiger partial charge in [-0.05, 0) is 20.8 Å². The van der Waals surface area contributed by atoms with Crippen molar-refractivity contribution < 1.29 is 4.79 Å². The summed E-state index contributed by atoms with van der Waals surface area (Å²) in [6.07, 6.45) is 3.28. The van der Waals surface area contributed by atoms with Gasteiger partial charge >= 0.3 is 0 Å². The summed E-state index contributed by atoms with van der Waals surface area (Å²) in [4.78, 5) is 19.2. The van der Waals surface area contributed by atoms with Gasteiger partial charge in [-0.2, -0.15) is 0 Å². The zero-order valence-electron chi connectivity index (χ0n) is 9.19. The summed E-state index contributed by atoms with van der Waals surface area (Å²) in [5, 5.41) is 3.06. The van der Waals surface area contributed by atoms with E-state index >= 15 is 0 Å². The molecule has 0 aliphatic rings. The van der Waals surface area contributed by atoms with Crippen LogP contribution in [0.15, 0.2) is 12.4 Å². The zero-order valence-corrected chi connectivity index (χ0v) is 9.19. The molecule has 0 radical (unpaired) electrons. The van der Waals surface area contributed by atoms with Gasteiger partial charge < -0.3 is 5.73 Å². The first-order chi connectivity index (χ1) is 7.02. The van der Waals surface area contributed by atoms with Crippen LogP contribution < -0.4 is 11.1 Å². The quantitative estimate of drug-likeness (QED) is 0.746. The summed E-state index contributed by atoms with van der Waals surface area (Å²) in [6, 6.07) is -0.414. The first kappa shape index (κ1) is 11.6. The molecular formula is C10H16N4O. The van der Waals surface area contributed by atoms with E-state index in [1.807, 2.05) is 13.8 Å². The highest BCUT2D eigenvalue weighted by molar-refractivity contribution is 5.79. The fraction of sp³-hybridized carbons (Fsp3) is 0.500. The molecule has 2 unspecified atom stereocenters. The maximum Gasteiger partial charge on any atom is 0.234 e. The van der Waals surface area contributed by atoms with E-state index in [1.54, 1.807) is 19.3 Å². The van der Waals surface area contributed by atoms with E-state index in [0.29, 0.717) is 0 Å². The number of rotatable bonds is 4. The molecule has 0 aromatic carbocycles. The van der Waals surface area contributed by atoms with Crippen molar-refractivity contribution in [3.8, 4) is 0 Å². The van der Waals surface area contributed by atoms with Gasteiger partial charge in [-0.15, -0.1) is 0 Å². The lowest BCUT2D eigenvalue weighted by Crippen LogP contribution is -2.40. The van der Waals surface area contributed by atoms with Gasteiger partial charge in [-0.25, -0.2) is 0 Å². The summed E-state index contributed by atoms with van der Waals surface area (Å²) in [7, 11) is 0. The van der Waals surface area contributed by atoms with Gasteiger partial charge in [-0.3, -0.25) is 20.1 Å². The summed E-state index contributed by atoms with van der Waals surface area (Å²) in [5.41, 5.74) is 6.86. The second-order valence-electron chi connectivity index (χ2n) is 3.54. The Hall–Kier alpha value is -1.49. The van der Waals surface area contributed by atoms with Gasteiger partial charge in [0.1, 0.15) is 0 Å². The first-order valence-corrected chi connectivity index (χ1v) is 4.85. The number of nitrogens with zero attached hydrogens (tertiary/aromatic N) is 2. The third-order valence-corrected chi connectivity index (χ3v) is 2.26. The molecule has 0 saturated carbocycles. The molecule has 82 valence electrons. The first-order valence-electron chi connectivity index (χ1n) is 4.85. The smallest absolute Gasteiger partial charge is 0.234 e. The highest BCUT2D eigenvalue weighted by Crippen LogP contribution is 2.12. The molecule has 1 aromatic heterocycles. The maximum atomic E-state index is 10.9. The van der Waals surface area contributed by atoms with Crippen LogP contribution in [0.3, 0.4) is 0 Å². The topological polar surface area (TPSA) is 80.9 Å². The average molecular weight is 208 g/mol. The molecule has 5 heteroatoms. The van der Waals surface area contributed by atoms with Crippen LogP contribution in [-0.4, -0.2) is 21.9 Å². The summed E-state index contributed by atoms with van der Waals surface area (Å²) >= 11 is 0. The highest BCUT2D eigenvalue weighted by atomic mass is 16.1. The average Bonchev–Trinajstić information content (AvgIpc) is 2.18. The Balaban J connectivity index is 2.73. The molecule has 1 amide bonds. The number of carbonyl (C=O) groups excluding carboxylic acids is 1. The van der Waals surface area contributed by atoms with E-state index < -0.39 is 0 Å². The van der Waals surface area contributed by atoms with Gasteiger partial charge in [-0.1, -0.05) is 0 Å². The van der Waals surface area contributed by atoms with Crippen molar-refractivity contribution in [1.29, 1.82) is 0 Å². The molecular weight excluding hydrogens is 192 g/mol. The van der Waals surface area contributed by atoms with Crippen molar-refractivity contribution in [2.24, 2.45) is 5.73 Å². The third-order valence-electron chi connectivity index (χ3n) is 2.26. The number of aryl methyl sites for hydroxylation is 1. The van der Waals surface area contributed by atoms with Crippen LogP contribution in [0.25, 0.3) is 0 Å². The van der Waals surface area contributed by atoms with E-state index in [2.05, 4.69) is 15.3 Å². The molecule has 0 saturated heterocycles. The van der Waals surface area contributed by atoms with Crippen molar-refractivity contribution in [3.63, 3.8) is 0 Å². The molecule has 2 atom stereocenters. The molecule has 1 aromatic rings. The normalized spacial score (nSPS) is 14.6. The molecule has 0 bridgehead atoms. The van der Waals surface area contributed by atoms with Gasteiger partial charge in [0, 0.05) is 18.4 Å². The minimum Gasteiger partial charge on any atom is -0.368 e. The van der Waals surface area contributed by atoms with Crippen molar-refractivity contribution in [3.05, 3.63) is 23.8 Å². The van der Waals surface area contributed by atoms with Crippen LogP contribution in [-0.2, 0) is 4.79 Å². The zero-order chi connectivity index (χ0) is 11.4. The summed E-state index contributed by atoms with van der Waals surface area (Å²) in [6.45, 7) is 5.54. The molecule has 15 heavy (non-hydrogen) atoms. The fourth-order valence-corrected chi connectivity index (χ4v) is 1.38. The van der Waals surface area contributed by atoms with Crippen LogP contribution in [0.4, 0.5) is 0 Å². The lowest BCUT2D eigenvalue weighted by Gasteiger charge is -2.17.